The minimum absolute atomic E-state index is 0.0244. The van der Waals surface area contributed by atoms with E-state index in [1.807, 2.05) is 0 Å². The number of H-pyrrole nitrogens is 1. The monoisotopic (exact) mass is 330 g/mol. The zero-order valence-electron chi connectivity index (χ0n) is 13.1. The van der Waals surface area contributed by atoms with E-state index < -0.39 is 23.4 Å². The molecule has 1 atom stereocenters. The lowest BCUT2D eigenvalue weighted by Crippen LogP contribution is -2.33. The van der Waals surface area contributed by atoms with Crippen molar-refractivity contribution < 1.29 is 14.3 Å². The van der Waals surface area contributed by atoms with Gasteiger partial charge in [-0.3, -0.25) is 9.59 Å². The van der Waals surface area contributed by atoms with Gasteiger partial charge in [0.1, 0.15) is 11.4 Å². The third kappa shape index (κ3) is 3.38. The van der Waals surface area contributed by atoms with E-state index in [0.29, 0.717) is 0 Å². The minimum Gasteiger partial charge on any atom is -0.386 e. The molecule has 0 spiro atoms. The van der Waals surface area contributed by atoms with Crippen molar-refractivity contribution in [2.24, 2.45) is 0 Å². The Balaban J connectivity index is 1.71. The lowest BCUT2D eigenvalue weighted by Gasteiger charge is -2.16. The van der Waals surface area contributed by atoms with E-state index in [4.69, 9.17) is 0 Å². The van der Waals surface area contributed by atoms with E-state index >= 15 is 0 Å². The third-order valence-corrected chi connectivity index (χ3v) is 4.30. The van der Waals surface area contributed by atoms with Gasteiger partial charge in [-0.25, -0.2) is 4.39 Å². The number of pyridine rings is 1. The topological polar surface area (TPSA) is 82.2 Å². The van der Waals surface area contributed by atoms with Crippen molar-refractivity contribution in [3.8, 4) is 0 Å². The fourth-order valence-corrected chi connectivity index (χ4v) is 2.98. The molecule has 3 rings (SSSR count). The number of carbonyl (C=O) groups excluding carboxylic acids is 1. The summed E-state index contributed by atoms with van der Waals surface area (Å²) < 4.78 is 13.6. The van der Waals surface area contributed by atoms with E-state index in [9.17, 15) is 19.1 Å². The lowest BCUT2D eigenvalue weighted by atomic mass is 9.95. The predicted octanol–water partition coefficient (Wildman–Crippen LogP) is 1.86. The number of benzene rings is 1. The molecule has 0 bridgehead atoms. The SMILES string of the molecule is O=C(NC[C@H](O)c1ccccc1F)c1cc2c([nH]c1=O)CCCC2. The summed E-state index contributed by atoms with van der Waals surface area (Å²) in [5, 5.41) is 12.5. The quantitative estimate of drug-likeness (QED) is 0.800. The maximum Gasteiger partial charge on any atom is 0.261 e. The van der Waals surface area contributed by atoms with Gasteiger partial charge in [-0.05, 0) is 43.4 Å². The van der Waals surface area contributed by atoms with Crippen molar-refractivity contribution >= 4 is 5.91 Å². The first-order chi connectivity index (χ1) is 11.6. The molecule has 0 saturated carbocycles. The van der Waals surface area contributed by atoms with Gasteiger partial charge in [-0.2, -0.15) is 0 Å². The van der Waals surface area contributed by atoms with Gasteiger partial charge in [0.05, 0.1) is 6.10 Å². The van der Waals surface area contributed by atoms with Crippen LogP contribution in [-0.2, 0) is 12.8 Å². The summed E-state index contributed by atoms with van der Waals surface area (Å²) in [6.07, 6.45) is 2.55. The molecule has 126 valence electrons. The van der Waals surface area contributed by atoms with Crippen LogP contribution in [0.15, 0.2) is 35.1 Å². The number of carbonyl (C=O) groups is 1. The summed E-state index contributed by atoms with van der Waals surface area (Å²) in [6, 6.07) is 7.46. The molecule has 0 unspecified atom stereocenters. The Morgan fingerprint density at radius 3 is 2.83 bits per heavy atom. The van der Waals surface area contributed by atoms with Crippen molar-refractivity contribution in [1.82, 2.24) is 10.3 Å². The van der Waals surface area contributed by atoms with Crippen LogP contribution in [0.25, 0.3) is 0 Å². The molecule has 0 fully saturated rings. The van der Waals surface area contributed by atoms with Gasteiger partial charge >= 0.3 is 0 Å². The highest BCUT2D eigenvalue weighted by Crippen LogP contribution is 2.19. The van der Waals surface area contributed by atoms with Crippen LogP contribution in [0.5, 0.6) is 0 Å². The Hall–Kier alpha value is -2.47. The predicted molar refractivity (Wildman–Crippen MR) is 87.4 cm³/mol. The molecule has 1 aliphatic carbocycles. The normalized spacial score (nSPS) is 14.8. The van der Waals surface area contributed by atoms with Gasteiger partial charge in [0.25, 0.3) is 11.5 Å². The van der Waals surface area contributed by atoms with Crippen LogP contribution in [0.1, 0.15) is 46.1 Å². The van der Waals surface area contributed by atoms with Crippen LogP contribution in [0.4, 0.5) is 4.39 Å². The average molecular weight is 330 g/mol. The van der Waals surface area contributed by atoms with E-state index in [2.05, 4.69) is 10.3 Å². The molecule has 1 amide bonds. The number of nitrogens with one attached hydrogen (secondary N) is 2. The number of amides is 1. The van der Waals surface area contributed by atoms with Gasteiger partial charge < -0.3 is 15.4 Å². The van der Waals surface area contributed by atoms with Gasteiger partial charge in [-0.1, -0.05) is 18.2 Å². The molecule has 3 N–H and O–H groups in total. The van der Waals surface area contributed by atoms with E-state index in [0.717, 1.165) is 36.9 Å². The fraction of sp³-hybridized carbons (Fsp3) is 0.333. The number of halogens is 1. The summed E-state index contributed by atoms with van der Waals surface area (Å²) in [7, 11) is 0. The van der Waals surface area contributed by atoms with Crippen LogP contribution >= 0.6 is 0 Å². The largest absolute Gasteiger partial charge is 0.386 e. The number of hydrogen-bond acceptors (Lipinski definition) is 3. The van der Waals surface area contributed by atoms with E-state index in [1.54, 1.807) is 12.1 Å². The average Bonchev–Trinajstić information content (AvgIpc) is 2.59. The maximum atomic E-state index is 13.6. The second kappa shape index (κ2) is 6.97. The van der Waals surface area contributed by atoms with Gasteiger partial charge in [0.15, 0.2) is 0 Å². The van der Waals surface area contributed by atoms with E-state index in [-0.39, 0.29) is 17.7 Å². The summed E-state index contributed by atoms with van der Waals surface area (Å²) in [5.74, 6) is -1.11. The molecule has 2 aromatic rings. The first-order valence-corrected chi connectivity index (χ1v) is 8.02. The number of aryl methyl sites for hydroxylation is 2. The number of hydrogen-bond donors (Lipinski definition) is 3. The Bertz CT molecular complexity index is 816. The molecule has 1 aromatic carbocycles. The van der Waals surface area contributed by atoms with Gasteiger partial charge in [0, 0.05) is 17.8 Å². The van der Waals surface area contributed by atoms with Crippen molar-refractivity contribution in [2.75, 3.05) is 6.54 Å². The minimum atomic E-state index is -1.17. The molecule has 5 nitrogen and oxygen atoms in total. The molecule has 1 aliphatic rings. The fourth-order valence-electron chi connectivity index (χ4n) is 2.98. The highest BCUT2D eigenvalue weighted by Gasteiger charge is 2.19. The third-order valence-electron chi connectivity index (χ3n) is 4.30. The smallest absolute Gasteiger partial charge is 0.261 e. The molecule has 1 heterocycles. The number of rotatable bonds is 4. The zero-order chi connectivity index (χ0) is 17.1. The number of aliphatic hydroxyl groups excluding tert-OH is 1. The summed E-state index contributed by atoms with van der Waals surface area (Å²) in [6.45, 7) is -0.170. The first-order valence-electron chi connectivity index (χ1n) is 8.02. The van der Waals surface area contributed by atoms with Crippen LogP contribution in [-0.4, -0.2) is 22.5 Å². The molecule has 1 aromatic heterocycles. The number of aromatic nitrogens is 1. The van der Waals surface area contributed by atoms with Crippen LogP contribution in [0.2, 0.25) is 0 Å². The second-order valence-corrected chi connectivity index (χ2v) is 5.97. The Morgan fingerprint density at radius 2 is 2.04 bits per heavy atom. The van der Waals surface area contributed by atoms with Crippen LogP contribution < -0.4 is 10.9 Å². The van der Waals surface area contributed by atoms with Crippen molar-refractivity contribution in [2.45, 2.75) is 31.8 Å². The van der Waals surface area contributed by atoms with Crippen LogP contribution in [0.3, 0.4) is 0 Å². The van der Waals surface area contributed by atoms with Crippen molar-refractivity contribution in [3.05, 3.63) is 68.9 Å². The highest BCUT2D eigenvalue weighted by atomic mass is 19.1. The molecule has 6 heteroatoms. The maximum absolute atomic E-state index is 13.6. The Kier molecular flexibility index (Phi) is 4.76. The standard InChI is InChI=1S/C18H19FN2O3/c19-14-7-3-2-6-12(14)16(22)10-20-17(23)13-9-11-5-1-4-8-15(11)21-18(13)24/h2-3,6-7,9,16,22H,1,4-5,8,10H2,(H,20,23)(H,21,24)/t16-/m0/s1. The summed E-state index contributed by atoms with van der Waals surface area (Å²) in [5.41, 5.74) is 1.58. The van der Waals surface area contributed by atoms with Crippen LogP contribution in [0, 0.1) is 5.82 Å². The number of aliphatic hydroxyl groups is 1. The Morgan fingerprint density at radius 1 is 1.29 bits per heavy atom. The molecule has 0 radical (unpaired) electrons. The first kappa shape index (κ1) is 16.4. The molecule has 0 saturated heterocycles. The zero-order valence-corrected chi connectivity index (χ0v) is 13.1. The van der Waals surface area contributed by atoms with Gasteiger partial charge in [0.2, 0.25) is 0 Å². The Labute approximate surface area is 138 Å². The number of aromatic amines is 1. The summed E-state index contributed by atoms with van der Waals surface area (Å²) >= 11 is 0. The molecule has 24 heavy (non-hydrogen) atoms. The second-order valence-electron chi connectivity index (χ2n) is 5.97. The highest BCUT2D eigenvalue weighted by molar-refractivity contribution is 5.94. The molecular weight excluding hydrogens is 311 g/mol. The van der Waals surface area contributed by atoms with E-state index in [1.165, 1.54) is 18.2 Å². The van der Waals surface area contributed by atoms with Crippen molar-refractivity contribution in [1.29, 1.82) is 0 Å². The molecular formula is C18H19FN2O3. The van der Waals surface area contributed by atoms with Crippen molar-refractivity contribution in [3.63, 3.8) is 0 Å². The summed E-state index contributed by atoms with van der Waals surface area (Å²) in [4.78, 5) is 27.1. The molecule has 0 aliphatic heterocycles. The number of fused-ring (bicyclic) bond motifs is 1. The lowest BCUT2D eigenvalue weighted by molar-refractivity contribution is 0.0912. The van der Waals surface area contributed by atoms with Gasteiger partial charge in [-0.15, -0.1) is 0 Å².